The molecule has 0 aliphatic heterocycles. The lowest BCUT2D eigenvalue weighted by atomic mass is 9.34. The summed E-state index contributed by atoms with van der Waals surface area (Å²) in [6, 6.07) is 3.54. The lowest BCUT2D eigenvalue weighted by Gasteiger charge is -2.67. The number of carbonyl (C=O) groups is 6. The quantitative estimate of drug-likeness (QED) is 0.483. The molecule has 8 nitrogen and oxygen atoms in total. The standard InChI is InChI=1S/C34H44O8/c1-11-18(36)14-21-32(9)16(4)19-12-13-20(31(6,7)8)26(37)23(19)28(39)25(32)30(41)34(42)29(40)22(17(5)35)27(38)24(15(2)3)33(21,34)10/h12-13,15-16,21-22,24-25,37,42H,11,14H2,1-10H3/t16-,21-,22?,24?,25?,32-,33-,34+/m1/s1. The van der Waals surface area contributed by atoms with Crippen LogP contribution in [-0.4, -0.2) is 50.5 Å². The minimum Gasteiger partial charge on any atom is -0.507 e. The molecule has 2 N–H and O–H groups in total. The second-order valence-electron chi connectivity index (χ2n) is 14.6. The van der Waals surface area contributed by atoms with E-state index in [9.17, 15) is 39.0 Å². The third-order valence-electron chi connectivity index (χ3n) is 11.2. The Hall–Kier alpha value is -3.00. The highest BCUT2D eigenvalue weighted by molar-refractivity contribution is 6.32. The molecule has 8 atom stereocenters. The molecule has 228 valence electrons. The molecule has 2 saturated carbocycles. The molecule has 0 heterocycles. The number of aliphatic hydroxyl groups is 1. The number of phenols is 1. The van der Waals surface area contributed by atoms with Crippen molar-refractivity contribution in [1.29, 1.82) is 0 Å². The van der Waals surface area contributed by atoms with Crippen LogP contribution in [0.2, 0.25) is 0 Å². The van der Waals surface area contributed by atoms with Gasteiger partial charge in [0.05, 0.1) is 11.5 Å². The van der Waals surface area contributed by atoms with Gasteiger partial charge in [-0.15, -0.1) is 0 Å². The number of carbonyl (C=O) groups excluding carboxylic acids is 6. The normalized spacial score (nSPS) is 36.4. The van der Waals surface area contributed by atoms with Crippen molar-refractivity contribution in [3.63, 3.8) is 0 Å². The number of hydrogen-bond donors (Lipinski definition) is 2. The summed E-state index contributed by atoms with van der Waals surface area (Å²) in [5.41, 5.74) is -5.51. The molecule has 1 aromatic rings. The van der Waals surface area contributed by atoms with Crippen molar-refractivity contribution in [3.8, 4) is 5.75 Å². The Labute approximate surface area is 247 Å². The van der Waals surface area contributed by atoms with Crippen LogP contribution in [0.1, 0.15) is 109 Å². The first-order valence-electron chi connectivity index (χ1n) is 14.9. The fourth-order valence-corrected chi connectivity index (χ4v) is 8.97. The number of benzene rings is 1. The van der Waals surface area contributed by atoms with Crippen molar-refractivity contribution < 1.29 is 39.0 Å². The molecule has 0 radical (unpaired) electrons. The number of hydrogen-bond acceptors (Lipinski definition) is 8. The van der Waals surface area contributed by atoms with Crippen LogP contribution in [0.4, 0.5) is 0 Å². The third-order valence-corrected chi connectivity index (χ3v) is 11.2. The molecule has 0 bridgehead atoms. The van der Waals surface area contributed by atoms with Crippen molar-refractivity contribution in [2.45, 2.75) is 99.0 Å². The van der Waals surface area contributed by atoms with Gasteiger partial charge >= 0.3 is 0 Å². The number of fused-ring (bicyclic) bond motifs is 3. The molecule has 3 aliphatic rings. The average molecular weight is 581 g/mol. The van der Waals surface area contributed by atoms with Crippen LogP contribution in [0.15, 0.2) is 12.1 Å². The first kappa shape index (κ1) is 31.9. The molecule has 0 aromatic heterocycles. The molecular formula is C34H44O8. The Morgan fingerprint density at radius 2 is 1.60 bits per heavy atom. The summed E-state index contributed by atoms with van der Waals surface area (Å²) in [7, 11) is 0. The second kappa shape index (κ2) is 9.76. The molecule has 3 aliphatic carbocycles. The van der Waals surface area contributed by atoms with Gasteiger partial charge < -0.3 is 10.2 Å². The number of ketones is 6. The fraction of sp³-hybridized carbons (Fsp3) is 0.647. The highest BCUT2D eigenvalue weighted by atomic mass is 16.3. The van der Waals surface area contributed by atoms with E-state index in [1.807, 2.05) is 27.7 Å². The van der Waals surface area contributed by atoms with E-state index in [1.54, 1.807) is 39.8 Å². The second-order valence-corrected chi connectivity index (χ2v) is 14.6. The Morgan fingerprint density at radius 3 is 2.07 bits per heavy atom. The van der Waals surface area contributed by atoms with Crippen LogP contribution in [0.5, 0.6) is 5.75 Å². The summed E-state index contributed by atoms with van der Waals surface area (Å²) in [6.45, 7) is 17.0. The van der Waals surface area contributed by atoms with Gasteiger partial charge in [0.25, 0.3) is 0 Å². The van der Waals surface area contributed by atoms with Gasteiger partial charge in [0.1, 0.15) is 23.2 Å². The smallest absolute Gasteiger partial charge is 0.190 e. The fourth-order valence-electron chi connectivity index (χ4n) is 8.97. The lowest BCUT2D eigenvalue weighted by molar-refractivity contribution is -0.225. The van der Waals surface area contributed by atoms with Crippen LogP contribution in [0, 0.1) is 40.4 Å². The summed E-state index contributed by atoms with van der Waals surface area (Å²) in [5, 5.41) is 24.0. The zero-order valence-corrected chi connectivity index (χ0v) is 26.4. The number of phenolic OH excluding ortho intramolecular Hbond substituents is 1. The van der Waals surface area contributed by atoms with Crippen LogP contribution in [0.3, 0.4) is 0 Å². The molecule has 3 unspecified atom stereocenters. The first-order valence-corrected chi connectivity index (χ1v) is 14.9. The third kappa shape index (κ3) is 3.76. The van der Waals surface area contributed by atoms with E-state index in [4.69, 9.17) is 0 Å². The Bertz CT molecular complexity index is 1430. The van der Waals surface area contributed by atoms with Crippen LogP contribution in [0.25, 0.3) is 0 Å². The summed E-state index contributed by atoms with van der Waals surface area (Å²) in [6.07, 6.45) is -0.0399. The van der Waals surface area contributed by atoms with Crippen LogP contribution in [-0.2, 0) is 29.4 Å². The van der Waals surface area contributed by atoms with Crippen molar-refractivity contribution >= 4 is 34.7 Å². The summed E-state index contributed by atoms with van der Waals surface area (Å²) < 4.78 is 0. The number of aromatic hydroxyl groups is 1. The zero-order valence-electron chi connectivity index (χ0n) is 26.4. The van der Waals surface area contributed by atoms with Crippen molar-refractivity contribution in [2.75, 3.05) is 0 Å². The summed E-state index contributed by atoms with van der Waals surface area (Å²) in [4.78, 5) is 83.3. The van der Waals surface area contributed by atoms with Gasteiger partial charge in [-0.2, -0.15) is 0 Å². The van der Waals surface area contributed by atoms with Gasteiger partial charge in [0, 0.05) is 24.2 Å². The molecular weight excluding hydrogens is 536 g/mol. The van der Waals surface area contributed by atoms with E-state index in [-0.39, 0.29) is 29.9 Å². The largest absolute Gasteiger partial charge is 0.507 e. The highest BCUT2D eigenvalue weighted by Crippen LogP contribution is 2.70. The van der Waals surface area contributed by atoms with E-state index in [0.29, 0.717) is 11.1 Å². The predicted octanol–water partition coefficient (Wildman–Crippen LogP) is 4.55. The van der Waals surface area contributed by atoms with Gasteiger partial charge in [-0.3, -0.25) is 28.8 Å². The molecule has 0 amide bonds. The number of Topliss-reactive ketones (excluding diaryl/α,β-unsaturated/α-hetero) is 6. The molecule has 2 fully saturated rings. The topological polar surface area (TPSA) is 143 Å². The lowest BCUT2D eigenvalue weighted by Crippen LogP contribution is -2.80. The SMILES string of the molecule is CCC(=O)C[C@@H]1[C@]2(C)C(C(=O)c3c(ccc(C(C)(C)C)c3O)[C@H]2C)C(=O)[C@@]2(O)C(=O)C(C(C)=O)C(=O)C(C(C)C)[C@@]12C. The van der Waals surface area contributed by atoms with Gasteiger partial charge in [-0.25, -0.2) is 0 Å². The molecule has 8 heteroatoms. The Kier molecular flexibility index (Phi) is 7.42. The minimum atomic E-state index is -2.88. The van der Waals surface area contributed by atoms with Gasteiger partial charge in [-0.1, -0.05) is 74.4 Å². The predicted molar refractivity (Wildman–Crippen MR) is 155 cm³/mol. The van der Waals surface area contributed by atoms with E-state index < -0.39 is 86.3 Å². The van der Waals surface area contributed by atoms with Crippen LogP contribution >= 0.6 is 0 Å². The zero-order chi connectivity index (χ0) is 32.1. The van der Waals surface area contributed by atoms with E-state index in [1.165, 1.54) is 6.92 Å². The van der Waals surface area contributed by atoms with Crippen LogP contribution < -0.4 is 0 Å². The highest BCUT2D eigenvalue weighted by Gasteiger charge is 2.80. The molecule has 42 heavy (non-hydrogen) atoms. The Balaban J connectivity index is 2.15. The molecule has 0 saturated heterocycles. The number of rotatable bonds is 5. The van der Waals surface area contributed by atoms with E-state index in [2.05, 4.69) is 0 Å². The van der Waals surface area contributed by atoms with Gasteiger partial charge in [0.15, 0.2) is 28.7 Å². The van der Waals surface area contributed by atoms with Crippen molar-refractivity contribution in [3.05, 3.63) is 28.8 Å². The van der Waals surface area contributed by atoms with Crippen molar-refractivity contribution in [1.82, 2.24) is 0 Å². The van der Waals surface area contributed by atoms with Crippen molar-refractivity contribution in [2.24, 2.45) is 40.4 Å². The van der Waals surface area contributed by atoms with E-state index in [0.717, 1.165) is 6.92 Å². The Morgan fingerprint density at radius 1 is 1.02 bits per heavy atom. The molecule has 1 aromatic carbocycles. The van der Waals surface area contributed by atoms with Gasteiger partial charge in [-0.05, 0) is 46.6 Å². The van der Waals surface area contributed by atoms with E-state index >= 15 is 0 Å². The summed E-state index contributed by atoms with van der Waals surface area (Å²) in [5.74, 6) is -11.5. The van der Waals surface area contributed by atoms with Gasteiger partial charge in [0.2, 0.25) is 0 Å². The maximum absolute atomic E-state index is 14.8. The summed E-state index contributed by atoms with van der Waals surface area (Å²) >= 11 is 0. The maximum atomic E-state index is 14.8. The minimum absolute atomic E-state index is 0.0265. The molecule has 4 rings (SSSR count). The first-order chi connectivity index (χ1) is 19.2. The molecule has 0 spiro atoms. The monoisotopic (exact) mass is 580 g/mol. The average Bonchev–Trinajstić information content (AvgIpc) is 2.86. The maximum Gasteiger partial charge on any atom is 0.190 e.